The molecule has 0 aliphatic carbocycles. The summed E-state index contributed by atoms with van der Waals surface area (Å²) in [6.07, 6.45) is 4.81. The molecule has 0 amide bonds. The zero-order valence-corrected chi connectivity index (χ0v) is 20.8. The number of rotatable bonds is 5. The van der Waals surface area contributed by atoms with Gasteiger partial charge in [-0.2, -0.15) is 0 Å². The lowest BCUT2D eigenvalue weighted by Crippen LogP contribution is -2.22. The maximum Gasteiger partial charge on any atom is 0.358 e. The summed E-state index contributed by atoms with van der Waals surface area (Å²) in [6, 6.07) is 5.22. The highest BCUT2D eigenvalue weighted by Crippen LogP contribution is 2.32. The van der Waals surface area contributed by atoms with Gasteiger partial charge in [0.05, 0.1) is 29.7 Å². The number of carbonyl (C=O) groups excluding carboxylic acids is 1. The zero-order valence-electron chi connectivity index (χ0n) is 20.0. The van der Waals surface area contributed by atoms with Crippen molar-refractivity contribution >= 4 is 39.7 Å². The molecule has 0 bridgehead atoms. The summed E-state index contributed by atoms with van der Waals surface area (Å²) in [5.74, 6) is -0.185. The average Bonchev–Trinajstić information content (AvgIpc) is 3.28. The van der Waals surface area contributed by atoms with E-state index in [0.29, 0.717) is 41.5 Å². The van der Waals surface area contributed by atoms with Crippen molar-refractivity contribution in [2.45, 2.75) is 38.8 Å². The van der Waals surface area contributed by atoms with Crippen molar-refractivity contribution in [2.24, 2.45) is 5.92 Å². The molecule has 3 aromatic rings. The molecule has 5 rings (SSSR count). The predicted molar refractivity (Wildman–Crippen MR) is 135 cm³/mol. The van der Waals surface area contributed by atoms with Gasteiger partial charge in [-0.15, -0.1) is 0 Å². The van der Waals surface area contributed by atoms with Gasteiger partial charge in [-0.3, -0.25) is 9.36 Å². The third-order valence-electron chi connectivity index (χ3n) is 6.73. The van der Waals surface area contributed by atoms with E-state index in [4.69, 9.17) is 26.1 Å². The van der Waals surface area contributed by atoms with Crippen LogP contribution in [-0.4, -0.2) is 40.8 Å². The second-order valence-electron chi connectivity index (χ2n) is 9.06. The first-order chi connectivity index (χ1) is 17.4. The van der Waals surface area contributed by atoms with E-state index < -0.39 is 17.8 Å². The first-order valence-electron chi connectivity index (χ1n) is 11.9. The minimum atomic E-state index is -0.659. The topological polar surface area (TPSA) is 95.3 Å². The minimum absolute atomic E-state index is 0.00756. The molecule has 1 saturated heterocycles. The highest BCUT2D eigenvalue weighted by molar-refractivity contribution is 6.29. The fraction of sp³-hybridized carbons (Fsp3) is 0.385. The van der Waals surface area contributed by atoms with Gasteiger partial charge in [-0.25, -0.2) is 19.2 Å². The van der Waals surface area contributed by atoms with Gasteiger partial charge in [0, 0.05) is 25.3 Å². The monoisotopic (exact) mass is 512 g/mol. The fourth-order valence-electron chi connectivity index (χ4n) is 4.88. The molecule has 0 unspecified atom stereocenters. The number of halogens is 2. The van der Waals surface area contributed by atoms with E-state index in [2.05, 4.69) is 16.4 Å². The number of benzene rings is 1. The van der Waals surface area contributed by atoms with Crippen LogP contribution in [0.2, 0.25) is 5.15 Å². The number of anilines is 1. The molecule has 0 radical (unpaired) electrons. The summed E-state index contributed by atoms with van der Waals surface area (Å²) >= 11 is 5.97. The van der Waals surface area contributed by atoms with Gasteiger partial charge in [0.2, 0.25) is 0 Å². The number of esters is 1. The van der Waals surface area contributed by atoms with Crippen LogP contribution in [0.25, 0.3) is 16.5 Å². The molecule has 188 valence electrons. The Hall–Kier alpha value is -3.30. The van der Waals surface area contributed by atoms with Crippen LogP contribution in [0.1, 0.15) is 54.1 Å². The van der Waals surface area contributed by atoms with Gasteiger partial charge < -0.3 is 14.8 Å². The highest BCUT2D eigenvalue weighted by Gasteiger charge is 2.26. The Morgan fingerprint density at radius 2 is 2.08 bits per heavy atom. The van der Waals surface area contributed by atoms with Crippen LogP contribution >= 0.6 is 11.6 Å². The number of nitrogens with zero attached hydrogens (tertiary/aromatic N) is 3. The molecule has 1 aromatic carbocycles. The molecular formula is C26H26ClFN4O4. The molecule has 1 atom stereocenters. The van der Waals surface area contributed by atoms with Crippen LogP contribution < -0.4 is 10.9 Å². The number of methoxy groups -OCH3 is 1. The zero-order chi connectivity index (χ0) is 25.4. The van der Waals surface area contributed by atoms with Gasteiger partial charge in [-0.1, -0.05) is 17.7 Å². The molecule has 36 heavy (non-hydrogen) atoms. The van der Waals surface area contributed by atoms with E-state index in [1.54, 1.807) is 17.6 Å². The number of hydrogen-bond donors (Lipinski definition) is 1. The number of ether oxygens (including phenoxy) is 2. The van der Waals surface area contributed by atoms with Crippen molar-refractivity contribution in [1.29, 1.82) is 0 Å². The SMILES string of the molecule is COC(=O)c1nc(Cl)ccc1N[C@H](C)c1cc(F)cc2c(=O)n3c(nc12)C(=CC1CCOCC1)CC3. The summed E-state index contributed by atoms with van der Waals surface area (Å²) in [5, 5.41) is 3.54. The van der Waals surface area contributed by atoms with E-state index in [1.165, 1.54) is 25.3 Å². The van der Waals surface area contributed by atoms with Gasteiger partial charge >= 0.3 is 5.97 Å². The maximum absolute atomic E-state index is 14.7. The number of allylic oxidation sites excluding steroid dienone is 2. The van der Waals surface area contributed by atoms with Crippen molar-refractivity contribution in [1.82, 2.24) is 14.5 Å². The normalized spacial score (nSPS) is 17.8. The second-order valence-corrected chi connectivity index (χ2v) is 9.45. The Bertz CT molecular complexity index is 1430. The predicted octanol–water partition coefficient (Wildman–Crippen LogP) is 4.76. The van der Waals surface area contributed by atoms with Gasteiger partial charge in [0.25, 0.3) is 5.56 Å². The standard InChI is InChI=1S/C26H26ClFN4O4/c1-14(29-20-3-4-21(27)30-23(20)26(34)35-2)18-12-17(28)13-19-22(18)31-24-16(5-8-32(24)25(19)33)11-15-6-9-36-10-7-15/h3-4,11-15,29H,5-10H2,1-2H3/t14-/m1/s1. The van der Waals surface area contributed by atoms with Crippen LogP contribution in [0.5, 0.6) is 0 Å². The quantitative estimate of drug-likeness (QED) is 0.389. The highest BCUT2D eigenvalue weighted by atomic mass is 35.5. The largest absolute Gasteiger partial charge is 0.464 e. The van der Waals surface area contributed by atoms with Gasteiger partial charge in [0.15, 0.2) is 5.69 Å². The Balaban J connectivity index is 1.58. The van der Waals surface area contributed by atoms with Crippen LogP contribution in [-0.2, 0) is 16.0 Å². The summed E-state index contributed by atoms with van der Waals surface area (Å²) in [4.78, 5) is 34.5. The van der Waals surface area contributed by atoms with Crippen LogP contribution in [0.15, 0.2) is 35.1 Å². The Morgan fingerprint density at radius 3 is 2.83 bits per heavy atom. The number of fused-ring (bicyclic) bond motifs is 2. The molecule has 0 saturated carbocycles. The van der Waals surface area contributed by atoms with Crippen molar-refractivity contribution in [3.63, 3.8) is 0 Å². The van der Waals surface area contributed by atoms with Gasteiger partial charge in [-0.05, 0) is 61.9 Å². The summed E-state index contributed by atoms with van der Waals surface area (Å²) in [5.41, 5.74) is 2.07. The molecule has 0 spiro atoms. The molecule has 4 heterocycles. The van der Waals surface area contributed by atoms with E-state index in [0.717, 1.165) is 31.6 Å². The van der Waals surface area contributed by atoms with Crippen LogP contribution in [0.4, 0.5) is 10.1 Å². The van der Waals surface area contributed by atoms with E-state index in [-0.39, 0.29) is 21.8 Å². The fourth-order valence-corrected chi connectivity index (χ4v) is 5.03. The van der Waals surface area contributed by atoms with Crippen molar-refractivity contribution in [3.05, 3.63) is 68.7 Å². The lowest BCUT2D eigenvalue weighted by Gasteiger charge is -2.20. The lowest BCUT2D eigenvalue weighted by molar-refractivity contribution is 0.0595. The molecule has 1 fully saturated rings. The van der Waals surface area contributed by atoms with E-state index in [9.17, 15) is 14.0 Å². The van der Waals surface area contributed by atoms with Gasteiger partial charge in [0.1, 0.15) is 16.8 Å². The second kappa shape index (κ2) is 9.99. The Morgan fingerprint density at radius 1 is 1.31 bits per heavy atom. The number of carbonyl (C=O) groups is 1. The summed E-state index contributed by atoms with van der Waals surface area (Å²) in [7, 11) is 1.25. The first kappa shape index (κ1) is 24.4. The first-order valence-corrected chi connectivity index (χ1v) is 12.3. The number of nitrogens with one attached hydrogen (secondary N) is 1. The maximum atomic E-state index is 14.7. The Kier molecular flexibility index (Phi) is 6.77. The summed E-state index contributed by atoms with van der Waals surface area (Å²) < 4.78 is 26.6. The molecule has 8 nitrogen and oxygen atoms in total. The van der Waals surface area contributed by atoms with E-state index >= 15 is 0 Å². The van der Waals surface area contributed by atoms with Crippen molar-refractivity contribution < 1.29 is 18.7 Å². The van der Waals surface area contributed by atoms with Crippen LogP contribution in [0.3, 0.4) is 0 Å². The lowest BCUT2D eigenvalue weighted by atomic mass is 9.96. The minimum Gasteiger partial charge on any atom is -0.464 e. The smallest absolute Gasteiger partial charge is 0.358 e. The molecule has 1 N–H and O–H groups in total. The van der Waals surface area contributed by atoms with E-state index in [1.807, 2.05) is 0 Å². The number of pyridine rings is 1. The molecule has 2 aromatic heterocycles. The molecule has 2 aliphatic rings. The van der Waals surface area contributed by atoms with Crippen molar-refractivity contribution in [3.8, 4) is 0 Å². The molecular weight excluding hydrogens is 487 g/mol. The third kappa shape index (κ3) is 4.60. The average molecular weight is 513 g/mol. The Labute approximate surface area is 212 Å². The molecule has 2 aliphatic heterocycles. The molecule has 10 heteroatoms. The van der Waals surface area contributed by atoms with Crippen molar-refractivity contribution in [2.75, 3.05) is 25.6 Å². The third-order valence-corrected chi connectivity index (χ3v) is 6.94. The number of aromatic nitrogens is 3. The summed E-state index contributed by atoms with van der Waals surface area (Å²) in [6.45, 7) is 3.78. The number of hydrogen-bond acceptors (Lipinski definition) is 7. The van der Waals surface area contributed by atoms with Crippen LogP contribution in [0, 0.1) is 11.7 Å².